The van der Waals surface area contributed by atoms with E-state index in [2.05, 4.69) is 15.4 Å². The van der Waals surface area contributed by atoms with E-state index in [4.69, 9.17) is 0 Å². The number of anilines is 1. The van der Waals surface area contributed by atoms with Gasteiger partial charge in [0.1, 0.15) is 5.52 Å². The first kappa shape index (κ1) is 10.9. The van der Waals surface area contributed by atoms with E-state index in [-0.39, 0.29) is 6.10 Å². The fraction of sp³-hybridized carbons (Fsp3) is 0.455. The van der Waals surface area contributed by atoms with Crippen molar-refractivity contribution < 1.29 is 5.11 Å². The zero-order chi connectivity index (χ0) is 11.4. The highest BCUT2D eigenvalue weighted by molar-refractivity contribution is 5.66. The van der Waals surface area contributed by atoms with Gasteiger partial charge in [-0.1, -0.05) is 6.92 Å². The number of aromatic nitrogens is 3. The second kappa shape index (κ2) is 4.94. The maximum atomic E-state index is 9.43. The van der Waals surface area contributed by atoms with E-state index < -0.39 is 0 Å². The van der Waals surface area contributed by atoms with Crippen molar-refractivity contribution in [3.05, 3.63) is 24.7 Å². The number of aliphatic hydroxyl groups excluding tert-OH is 1. The van der Waals surface area contributed by atoms with Crippen LogP contribution in [0.25, 0.3) is 5.52 Å². The Balaban J connectivity index is 2.01. The summed E-state index contributed by atoms with van der Waals surface area (Å²) in [5.74, 6) is 0.809. The van der Waals surface area contributed by atoms with Gasteiger partial charge < -0.3 is 10.4 Å². The average Bonchev–Trinajstić information content (AvgIpc) is 2.77. The first-order chi connectivity index (χ1) is 7.81. The van der Waals surface area contributed by atoms with Gasteiger partial charge in [-0.3, -0.25) is 0 Å². The van der Waals surface area contributed by atoms with Crippen molar-refractivity contribution in [2.45, 2.75) is 25.9 Å². The smallest absolute Gasteiger partial charge is 0.152 e. The van der Waals surface area contributed by atoms with Crippen molar-refractivity contribution in [2.24, 2.45) is 0 Å². The van der Waals surface area contributed by atoms with Crippen molar-refractivity contribution in [2.75, 3.05) is 11.9 Å². The zero-order valence-corrected chi connectivity index (χ0v) is 9.30. The number of nitrogens with zero attached hydrogens (tertiary/aromatic N) is 3. The molecule has 5 nitrogen and oxygen atoms in total. The van der Waals surface area contributed by atoms with Gasteiger partial charge in [-0.05, 0) is 18.9 Å². The Hall–Kier alpha value is -1.62. The van der Waals surface area contributed by atoms with E-state index >= 15 is 0 Å². The van der Waals surface area contributed by atoms with E-state index in [1.54, 1.807) is 23.1 Å². The number of hydrogen-bond donors (Lipinski definition) is 2. The summed E-state index contributed by atoms with van der Waals surface area (Å²) in [5, 5.41) is 16.8. The fourth-order valence-corrected chi connectivity index (χ4v) is 1.56. The molecule has 0 saturated carbocycles. The molecule has 0 aliphatic carbocycles. The molecule has 0 radical (unpaired) electrons. The lowest BCUT2D eigenvalue weighted by Gasteiger charge is -2.09. The monoisotopic (exact) mass is 220 g/mol. The van der Waals surface area contributed by atoms with Crippen LogP contribution in [0.15, 0.2) is 24.7 Å². The summed E-state index contributed by atoms with van der Waals surface area (Å²) in [4.78, 5) is 4.25. The lowest BCUT2D eigenvalue weighted by atomic mass is 10.2. The molecule has 0 saturated heterocycles. The van der Waals surface area contributed by atoms with Crippen LogP contribution in [0.4, 0.5) is 5.82 Å². The van der Waals surface area contributed by atoms with Crippen LogP contribution in [0.3, 0.4) is 0 Å². The number of rotatable bonds is 5. The second-order valence-electron chi connectivity index (χ2n) is 3.71. The lowest BCUT2D eigenvalue weighted by molar-refractivity contribution is 0.164. The molecule has 2 heterocycles. The normalized spacial score (nSPS) is 12.9. The SMILES string of the molecule is CCC(O)CCNc1nccn2nccc12. The standard InChI is InChI=1S/C11H16N4O/c1-2-9(16)3-5-12-11-10-4-6-14-15(10)8-7-13-11/h4,6-9,16H,2-3,5H2,1H3,(H,12,13). The minimum Gasteiger partial charge on any atom is -0.393 e. The molecule has 2 rings (SSSR count). The summed E-state index contributed by atoms with van der Waals surface area (Å²) in [5.41, 5.74) is 0.952. The van der Waals surface area contributed by atoms with Gasteiger partial charge in [0.25, 0.3) is 0 Å². The van der Waals surface area contributed by atoms with Crippen LogP contribution >= 0.6 is 0 Å². The molecule has 2 N–H and O–H groups in total. The summed E-state index contributed by atoms with van der Waals surface area (Å²) in [6, 6.07) is 1.91. The van der Waals surface area contributed by atoms with Crippen molar-refractivity contribution in [3.63, 3.8) is 0 Å². The number of aliphatic hydroxyl groups is 1. The average molecular weight is 220 g/mol. The predicted molar refractivity (Wildman–Crippen MR) is 62.4 cm³/mol. The van der Waals surface area contributed by atoms with Gasteiger partial charge in [-0.25, -0.2) is 9.50 Å². The van der Waals surface area contributed by atoms with E-state index in [9.17, 15) is 5.11 Å². The molecule has 0 aliphatic rings. The van der Waals surface area contributed by atoms with E-state index in [0.717, 1.165) is 24.2 Å². The maximum Gasteiger partial charge on any atom is 0.152 e. The minimum atomic E-state index is -0.239. The Bertz CT molecular complexity index is 454. The molecule has 86 valence electrons. The topological polar surface area (TPSA) is 62.5 Å². The van der Waals surface area contributed by atoms with Crippen LogP contribution < -0.4 is 5.32 Å². The van der Waals surface area contributed by atoms with E-state index in [0.29, 0.717) is 6.54 Å². The molecular formula is C11H16N4O. The number of hydrogen-bond acceptors (Lipinski definition) is 4. The Morgan fingerprint density at radius 1 is 1.50 bits per heavy atom. The lowest BCUT2D eigenvalue weighted by Crippen LogP contribution is -2.13. The Kier molecular flexibility index (Phi) is 3.36. The predicted octanol–water partition coefficient (Wildman–Crippen LogP) is 1.30. The molecule has 2 aromatic rings. The van der Waals surface area contributed by atoms with E-state index in [1.807, 2.05) is 13.0 Å². The maximum absolute atomic E-state index is 9.43. The molecule has 16 heavy (non-hydrogen) atoms. The second-order valence-corrected chi connectivity index (χ2v) is 3.71. The van der Waals surface area contributed by atoms with Crippen LogP contribution in [0, 0.1) is 0 Å². The summed E-state index contributed by atoms with van der Waals surface area (Å²) >= 11 is 0. The van der Waals surface area contributed by atoms with Gasteiger partial charge in [0.15, 0.2) is 5.82 Å². The van der Waals surface area contributed by atoms with Gasteiger partial charge in [0, 0.05) is 18.9 Å². The summed E-state index contributed by atoms with van der Waals surface area (Å²) < 4.78 is 1.77. The molecule has 1 atom stereocenters. The third-order valence-electron chi connectivity index (χ3n) is 2.57. The van der Waals surface area contributed by atoms with Crippen LogP contribution in [0.1, 0.15) is 19.8 Å². The van der Waals surface area contributed by atoms with E-state index in [1.165, 1.54) is 0 Å². The van der Waals surface area contributed by atoms with Crippen LogP contribution in [-0.4, -0.2) is 32.4 Å². The number of fused-ring (bicyclic) bond motifs is 1. The van der Waals surface area contributed by atoms with Gasteiger partial charge in [0.05, 0.1) is 12.3 Å². The summed E-state index contributed by atoms with van der Waals surface area (Å²) in [6.07, 6.45) is 6.53. The molecule has 5 heteroatoms. The van der Waals surface area contributed by atoms with Crippen molar-refractivity contribution >= 4 is 11.3 Å². The first-order valence-electron chi connectivity index (χ1n) is 5.51. The molecule has 0 spiro atoms. The van der Waals surface area contributed by atoms with Gasteiger partial charge in [-0.15, -0.1) is 0 Å². The first-order valence-corrected chi connectivity index (χ1v) is 5.51. The van der Waals surface area contributed by atoms with Gasteiger partial charge >= 0.3 is 0 Å². The Morgan fingerprint density at radius 3 is 3.19 bits per heavy atom. The highest BCUT2D eigenvalue weighted by atomic mass is 16.3. The van der Waals surface area contributed by atoms with Crippen LogP contribution in [0.2, 0.25) is 0 Å². The minimum absolute atomic E-state index is 0.239. The quantitative estimate of drug-likeness (QED) is 0.797. The summed E-state index contributed by atoms with van der Waals surface area (Å²) in [7, 11) is 0. The van der Waals surface area contributed by atoms with Crippen molar-refractivity contribution in [1.29, 1.82) is 0 Å². The van der Waals surface area contributed by atoms with Crippen molar-refractivity contribution in [1.82, 2.24) is 14.6 Å². The Morgan fingerprint density at radius 2 is 2.38 bits per heavy atom. The van der Waals surface area contributed by atoms with Crippen LogP contribution in [0.5, 0.6) is 0 Å². The molecule has 0 bridgehead atoms. The van der Waals surface area contributed by atoms with Gasteiger partial charge in [0.2, 0.25) is 0 Å². The molecular weight excluding hydrogens is 204 g/mol. The molecule has 2 aromatic heterocycles. The largest absolute Gasteiger partial charge is 0.393 e. The third-order valence-corrected chi connectivity index (χ3v) is 2.57. The fourth-order valence-electron chi connectivity index (χ4n) is 1.56. The molecule has 0 fully saturated rings. The Labute approximate surface area is 94.1 Å². The highest BCUT2D eigenvalue weighted by Gasteiger charge is 2.04. The molecule has 0 aromatic carbocycles. The summed E-state index contributed by atoms with van der Waals surface area (Å²) in [6.45, 7) is 2.69. The van der Waals surface area contributed by atoms with Gasteiger partial charge in [-0.2, -0.15) is 5.10 Å². The highest BCUT2D eigenvalue weighted by Crippen LogP contribution is 2.12. The number of nitrogens with one attached hydrogen (secondary N) is 1. The molecule has 0 aliphatic heterocycles. The third kappa shape index (κ3) is 2.30. The van der Waals surface area contributed by atoms with Crippen molar-refractivity contribution in [3.8, 4) is 0 Å². The molecule has 0 amide bonds. The van der Waals surface area contributed by atoms with Crippen LogP contribution in [-0.2, 0) is 0 Å². The molecule has 1 unspecified atom stereocenters. The zero-order valence-electron chi connectivity index (χ0n) is 9.30.